The Morgan fingerprint density at radius 3 is 2.57 bits per heavy atom. The normalized spacial score (nSPS) is 11.5. The topological polar surface area (TPSA) is 4.93 Å². The molecule has 0 fully saturated rings. The van der Waals surface area contributed by atoms with E-state index < -0.39 is 0 Å². The van der Waals surface area contributed by atoms with Crippen LogP contribution in [0.25, 0.3) is 10.9 Å². The number of fused-ring (bicyclic) bond motifs is 1. The SMILES string of the molecule is CC(C)c1cc2c(F)cccc2n1C. The van der Waals surface area contributed by atoms with Crippen molar-refractivity contribution in [2.24, 2.45) is 7.05 Å². The third kappa shape index (κ3) is 1.22. The Hall–Kier alpha value is -1.31. The lowest BCUT2D eigenvalue weighted by Gasteiger charge is -2.06. The van der Waals surface area contributed by atoms with Crippen LogP contribution in [0.15, 0.2) is 24.3 Å². The molecule has 0 bridgehead atoms. The fourth-order valence-electron chi connectivity index (χ4n) is 1.90. The van der Waals surface area contributed by atoms with Gasteiger partial charge in [-0.15, -0.1) is 0 Å². The summed E-state index contributed by atoms with van der Waals surface area (Å²) in [7, 11) is 1.98. The van der Waals surface area contributed by atoms with Crippen molar-refractivity contribution in [3.63, 3.8) is 0 Å². The van der Waals surface area contributed by atoms with Crippen molar-refractivity contribution in [3.05, 3.63) is 35.8 Å². The van der Waals surface area contributed by atoms with Crippen LogP contribution in [-0.2, 0) is 7.05 Å². The van der Waals surface area contributed by atoms with E-state index in [4.69, 9.17) is 0 Å². The molecule has 0 amide bonds. The van der Waals surface area contributed by atoms with Gasteiger partial charge in [-0.05, 0) is 24.1 Å². The van der Waals surface area contributed by atoms with Crippen LogP contribution in [0, 0.1) is 5.82 Å². The van der Waals surface area contributed by atoms with E-state index in [-0.39, 0.29) is 5.82 Å². The monoisotopic (exact) mass is 191 g/mol. The molecular weight excluding hydrogens is 177 g/mol. The molecule has 2 heteroatoms. The highest BCUT2D eigenvalue weighted by atomic mass is 19.1. The minimum Gasteiger partial charge on any atom is -0.347 e. The maximum absolute atomic E-state index is 13.4. The van der Waals surface area contributed by atoms with Gasteiger partial charge in [0.2, 0.25) is 0 Å². The highest BCUT2D eigenvalue weighted by Crippen LogP contribution is 2.25. The lowest BCUT2D eigenvalue weighted by Crippen LogP contribution is -1.97. The molecule has 0 aliphatic heterocycles. The van der Waals surface area contributed by atoms with E-state index >= 15 is 0 Å². The van der Waals surface area contributed by atoms with Gasteiger partial charge in [0.1, 0.15) is 5.82 Å². The number of aromatic nitrogens is 1. The van der Waals surface area contributed by atoms with Crippen molar-refractivity contribution in [2.45, 2.75) is 19.8 Å². The van der Waals surface area contributed by atoms with Gasteiger partial charge in [-0.25, -0.2) is 4.39 Å². The summed E-state index contributed by atoms with van der Waals surface area (Å²) < 4.78 is 15.5. The molecule has 0 spiro atoms. The highest BCUT2D eigenvalue weighted by Gasteiger charge is 2.10. The van der Waals surface area contributed by atoms with Crippen molar-refractivity contribution in [2.75, 3.05) is 0 Å². The Balaban J connectivity index is 2.80. The van der Waals surface area contributed by atoms with Gasteiger partial charge in [0.15, 0.2) is 0 Å². The minimum absolute atomic E-state index is 0.134. The summed E-state index contributed by atoms with van der Waals surface area (Å²) in [5.41, 5.74) is 2.14. The predicted molar refractivity (Wildman–Crippen MR) is 57.0 cm³/mol. The van der Waals surface area contributed by atoms with E-state index in [0.29, 0.717) is 5.92 Å². The zero-order valence-corrected chi connectivity index (χ0v) is 8.71. The molecule has 2 rings (SSSR count). The average molecular weight is 191 g/mol. The molecular formula is C12H14FN. The molecule has 1 aromatic carbocycles. The summed E-state index contributed by atoms with van der Waals surface area (Å²) in [4.78, 5) is 0. The molecule has 0 atom stereocenters. The Bertz CT molecular complexity index is 468. The summed E-state index contributed by atoms with van der Waals surface area (Å²) in [5, 5.41) is 0.721. The van der Waals surface area contributed by atoms with Gasteiger partial charge in [-0.3, -0.25) is 0 Å². The van der Waals surface area contributed by atoms with E-state index in [9.17, 15) is 4.39 Å². The average Bonchev–Trinajstić information content (AvgIpc) is 2.46. The second-order valence-corrected chi connectivity index (χ2v) is 3.96. The molecule has 0 unspecified atom stereocenters. The van der Waals surface area contributed by atoms with E-state index in [0.717, 1.165) is 10.9 Å². The lowest BCUT2D eigenvalue weighted by atomic mass is 10.1. The number of benzene rings is 1. The van der Waals surface area contributed by atoms with Crippen LogP contribution >= 0.6 is 0 Å². The van der Waals surface area contributed by atoms with Gasteiger partial charge < -0.3 is 4.57 Å². The molecule has 0 aliphatic carbocycles. The van der Waals surface area contributed by atoms with Crippen molar-refractivity contribution in [3.8, 4) is 0 Å². The Morgan fingerprint density at radius 1 is 1.29 bits per heavy atom. The van der Waals surface area contributed by atoms with E-state index in [1.54, 1.807) is 6.07 Å². The van der Waals surface area contributed by atoms with Crippen LogP contribution in [0.2, 0.25) is 0 Å². The minimum atomic E-state index is -0.134. The van der Waals surface area contributed by atoms with Crippen molar-refractivity contribution < 1.29 is 4.39 Å². The summed E-state index contributed by atoms with van der Waals surface area (Å²) in [6.07, 6.45) is 0. The molecule has 0 N–H and O–H groups in total. The lowest BCUT2D eigenvalue weighted by molar-refractivity contribution is 0.640. The standard InChI is InChI=1S/C12H14FN/c1-8(2)12-7-9-10(13)5-4-6-11(9)14(12)3/h4-8H,1-3H3. The van der Waals surface area contributed by atoms with Gasteiger partial charge in [0, 0.05) is 18.1 Å². The van der Waals surface area contributed by atoms with E-state index in [2.05, 4.69) is 18.4 Å². The first-order chi connectivity index (χ1) is 6.61. The zero-order valence-electron chi connectivity index (χ0n) is 8.71. The number of nitrogens with zero attached hydrogens (tertiary/aromatic N) is 1. The molecule has 74 valence electrons. The molecule has 0 aliphatic rings. The van der Waals surface area contributed by atoms with Crippen molar-refractivity contribution in [1.29, 1.82) is 0 Å². The van der Waals surface area contributed by atoms with E-state index in [1.807, 2.05) is 19.2 Å². The highest BCUT2D eigenvalue weighted by molar-refractivity contribution is 5.82. The number of hydrogen-bond donors (Lipinski definition) is 0. The zero-order chi connectivity index (χ0) is 10.3. The molecule has 1 nitrogen and oxygen atoms in total. The summed E-state index contributed by atoms with van der Waals surface area (Å²) in [6.45, 7) is 4.23. The largest absolute Gasteiger partial charge is 0.347 e. The quantitative estimate of drug-likeness (QED) is 0.650. The van der Waals surface area contributed by atoms with Crippen LogP contribution in [0.1, 0.15) is 25.5 Å². The third-order valence-corrected chi connectivity index (χ3v) is 2.66. The summed E-state index contributed by atoms with van der Waals surface area (Å²) >= 11 is 0. The van der Waals surface area contributed by atoms with Crippen LogP contribution < -0.4 is 0 Å². The molecule has 0 radical (unpaired) electrons. The molecule has 1 aromatic heterocycles. The van der Waals surface area contributed by atoms with Gasteiger partial charge in [-0.2, -0.15) is 0 Å². The number of rotatable bonds is 1. The van der Waals surface area contributed by atoms with Gasteiger partial charge >= 0.3 is 0 Å². The number of halogens is 1. The first kappa shape index (κ1) is 9.25. The Morgan fingerprint density at radius 2 is 2.00 bits per heavy atom. The smallest absolute Gasteiger partial charge is 0.132 e. The maximum atomic E-state index is 13.4. The number of aryl methyl sites for hydroxylation is 1. The molecule has 14 heavy (non-hydrogen) atoms. The first-order valence-electron chi connectivity index (χ1n) is 4.85. The summed E-state index contributed by atoms with van der Waals surface area (Å²) in [5.74, 6) is 0.289. The second-order valence-electron chi connectivity index (χ2n) is 3.96. The van der Waals surface area contributed by atoms with Gasteiger partial charge in [-0.1, -0.05) is 19.9 Å². The van der Waals surface area contributed by atoms with Crippen molar-refractivity contribution >= 4 is 10.9 Å². The molecule has 1 heterocycles. The predicted octanol–water partition coefficient (Wildman–Crippen LogP) is 3.44. The van der Waals surface area contributed by atoms with Crippen molar-refractivity contribution in [1.82, 2.24) is 4.57 Å². The Kier molecular flexibility index (Phi) is 2.06. The molecule has 0 saturated carbocycles. The van der Waals surface area contributed by atoms with Crippen LogP contribution in [0.4, 0.5) is 4.39 Å². The molecule has 0 saturated heterocycles. The van der Waals surface area contributed by atoms with Crippen LogP contribution in [-0.4, -0.2) is 4.57 Å². The number of hydrogen-bond acceptors (Lipinski definition) is 0. The summed E-state index contributed by atoms with van der Waals surface area (Å²) in [6, 6.07) is 7.15. The maximum Gasteiger partial charge on any atom is 0.132 e. The van der Waals surface area contributed by atoms with E-state index in [1.165, 1.54) is 11.8 Å². The first-order valence-corrected chi connectivity index (χ1v) is 4.85. The van der Waals surface area contributed by atoms with Gasteiger partial charge in [0.25, 0.3) is 0 Å². The fraction of sp³-hybridized carbons (Fsp3) is 0.333. The third-order valence-electron chi connectivity index (χ3n) is 2.66. The van der Waals surface area contributed by atoms with Gasteiger partial charge in [0.05, 0.1) is 5.52 Å². The second kappa shape index (κ2) is 3.12. The molecule has 2 aromatic rings. The van der Waals surface area contributed by atoms with Crippen LogP contribution in [0.3, 0.4) is 0 Å². The Labute approximate surface area is 83.2 Å². The van der Waals surface area contributed by atoms with Crippen LogP contribution in [0.5, 0.6) is 0 Å². The fourth-order valence-corrected chi connectivity index (χ4v) is 1.90.